The van der Waals surface area contributed by atoms with E-state index in [2.05, 4.69) is 68.6 Å². The summed E-state index contributed by atoms with van der Waals surface area (Å²) in [5.74, 6) is -0.565. The SMILES string of the molecule is CCCCC/C=C\C/C=C\C/C=C\C/C=C\CC(CC(=O)NC(CO)C(O)CCCCCCCCCCCCCC)OC(=O)CCCCCCCCCCCCCCCCCCC. The number of carbonyl (C=O) groups is 2. The van der Waals surface area contributed by atoms with Crippen molar-refractivity contribution in [1.82, 2.24) is 5.32 Å². The van der Waals surface area contributed by atoms with E-state index in [9.17, 15) is 19.8 Å². The van der Waals surface area contributed by atoms with E-state index < -0.39 is 18.2 Å². The molecule has 0 aliphatic heterocycles. The maximum Gasteiger partial charge on any atom is 0.306 e. The number of amides is 1. The van der Waals surface area contributed by atoms with Gasteiger partial charge in [-0.3, -0.25) is 9.59 Å². The summed E-state index contributed by atoms with van der Waals surface area (Å²) >= 11 is 0. The fraction of sp³-hybridized carbons (Fsp3) is 0.825. The molecule has 0 rings (SSSR count). The largest absolute Gasteiger partial charge is 0.461 e. The molecule has 3 unspecified atom stereocenters. The highest BCUT2D eigenvalue weighted by molar-refractivity contribution is 5.77. The molecule has 0 heterocycles. The van der Waals surface area contributed by atoms with Gasteiger partial charge in [0.2, 0.25) is 5.91 Å². The molecule has 0 spiro atoms. The number of allylic oxidation sites excluding steroid dienone is 7. The van der Waals surface area contributed by atoms with Crippen molar-refractivity contribution in [1.29, 1.82) is 0 Å². The molecule has 0 aromatic heterocycles. The van der Waals surface area contributed by atoms with E-state index in [0.717, 1.165) is 57.8 Å². The Hall–Kier alpha value is -2.18. The van der Waals surface area contributed by atoms with Crippen molar-refractivity contribution >= 4 is 11.9 Å². The third kappa shape index (κ3) is 46.2. The van der Waals surface area contributed by atoms with Crippen LogP contribution in [0.1, 0.15) is 278 Å². The highest BCUT2D eigenvalue weighted by Crippen LogP contribution is 2.17. The molecule has 0 saturated carbocycles. The summed E-state index contributed by atoms with van der Waals surface area (Å²) in [4.78, 5) is 26.2. The van der Waals surface area contributed by atoms with E-state index in [4.69, 9.17) is 4.74 Å². The van der Waals surface area contributed by atoms with Gasteiger partial charge < -0.3 is 20.3 Å². The maximum absolute atomic E-state index is 13.2. The topological polar surface area (TPSA) is 95.9 Å². The Balaban J connectivity index is 4.65. The molecule has 0 aromatic carbocycles. The van der Waals surface area contributed by atoms with Crippen molar-refractivity contribution in [3.05, 3.63) is 48.6 Å². The minimum absolute atomic E-state index is 0.00460. The third-order valence-corrected chi connectivity index (χ3v) is 12.4. The molecule has 0 aliphatic carbocycles. The molecule has 6 heteroatoms. The van der Waals surface area contributed by atoms with Crippen LogP contribution in [0.25, 0.3) is 0 Å². The lowest BCUT2D eigenvalue weighted by Crippen LogP contribution is -2.46. The van der Waals surface area contributed by atoms with Crippen LogP contribution in [0.4, 0.5) is 0 Å². The first-order chi connectivity index (χ1) is 31.0. The van der Waals surface area contributed by atoms with E-state index in [-0.39, 0.29) is 24.9 Å². The Morgan fingerprint density at radius 1 is 0.476 bits per heavy atom. The van der Waals surface area contributed by atoms with Crippen molar-refractivity contribution in [3.63, 3.8) is 0 Å². The average Bonchev–Trinajstić information content (AvgIpc) is 3.28. The number of aliphatic hydroxyl groups is 2. The van der Waals surface area contributed by atoms with Crippen LogP contribution >= 0.6 is 0 Å². The fourth-order valence-electron chi connectivity index (χ4n) is 8.23. The van der Waals surface area contributed by atoms with Crippen LogP contribution in [0, 0.1) is 0 Å². The van der Waals surface area contributed by atoms with Gasteiger partial charge >= 0.3 is 5.97 Å². The number of hydrogen-bond acceptors (Lipinski definition) is 5. The molecule has 3 N–H and O–H groups in total. The van der Waals surface area contributed by atoms with Gasteiger partial charge in [0.1, 0.15) is 6.10 Å². The van der Waals surface area contributed by atoms with Gasteiger partial charge in [0.15, 0.2) is 0 Å². The van der Waals surface area contributed by atoms with Gasteiger partial charge in [-0.1, -0.05) is 262 Å². The van der Waals surface area contributed by atoms with Crippen LogP contribution in [-0.2, 0) is 14.3 Å². The molecular formula is C57H105NO5. The van der Waals surface area contributed by atoms with E-state index in [1.54, 1.807) is 0 Å². The number of ether oxygens (including phenoxy) is 1. The van der Waals surface area contributed by atoms with Gasteiger partial charge in [0.25, 0.3) is 0 Å². The lowest BCUT2D eigenvalue weighted by molar-refractivity contribution is -0.150. The minimum atomic E-state index is -0.809. The van der Waals surface area contributed by atoms with E-state index in [1.165, 1.54) is 173 Å². The number of carbonyl (C=O) groups excluding carboxylic acids is 2. The Kier molecular flexibility index (Phi) is 49.1. The average molecular weight is 884 g/mol. The zero-order valence-electron chi connectivity index (χ0n) is 42.0. The van der Waals surface area contributed by atoms with Gasteiger partial charge in [0.05, 0.1) is 25.2 Å². The van der Waals surface area contributed by atoms with E-state index in [0.29, 0.717) is 19.3 Å². The minimum Gasteiger partial charge on any atom is -0.461 e. The number of rotatable bonds is 49. The van der Waals surface area contributed by atoms with Gasteiger partial charge in [-0.15, -0.1) is 0 Å². The molecule has 368 valence electrons. The summed E-state index contributed by atoms with van der Waals surface area (Å²) in [6, 6.07) is -0.729. The van der Waals surface area contributed by atoms with Crippen molar-refractivity contribution in [3.8, 4) is 0 Å². The monoisotopic (exact) mass is 884 g/mol. The Morgan fingerprint density at radius 2 is 0.841 bits per heavy atom. The van der Waals surface area contributed by atoms with Gasteiger partial charge in [-0.2, -0.15) is 0 Å². The van der Waals surface area contributed by atoms with Crippen LogP contribution in [0.5, 0.6) is 0 Å². The fourth-order valence-corrected chi connectivity index (χ4v) is 8.23. The van der Waals surface area contributed by atoms with E-state index >= 15 is 0 Å². The number of unbranched alkanes of at least 4 members (excludes halogenated alkanes) is 30. The third-order valence-electron chi connectivity index (χ3n) is 12.4. The van der Waals surface area contributed by atoms with E-state index in [1.807, 2.05) is 6.08 Å². The van der Waals surface area contributed by atoms with Gasteiger partial charge in [-0.25, -0.2) is 0 Å². The quantitative estimate of drug-likeness (QED) is 0.0321. The smallest absolute Gasteiger partial charge is 0.306 e. The highest BCUT2D eigenvalue weighted by atomic mass is 16.5. The number of esters is 1. The highest BCUT2D eigenvalue weighted by Gasteiger charge is 2.23. The molecule has 6 nitrogen and oxygen atoms in total. The Labute approximate surface area is 391 Å². The predicted molar refractivity (Wildman–Crippen MR) is 273 cm³/mol. The molecule has 0 aliphatic rings. The number of nitrogens with one attached hydrogen (secondary N) is 1. The zero-order valence-corrected chi connectivity index (χ0v) is 42.0. The molecule has 63 heavy (non-hydrogen) atoms. The lowest BCUT2D eigenvalue weighted by Gasteiger charge is -2.24. The molecule has 0 aromatic rings. The second-order valence-corrected chi connectivity index (χ2v) is 18.6. The zero-order chi connectivity index (χ0) is 45.9. The van der Waals surface area contributed by atoms with Gasteiger partial charge in [0, 0.05) is 12.8 Å². The molecule has 1 amide bonds. The summed E-state index contributed by atoms with van der Waals surface area (Å²) in [6.07, 6.45) is 61.9. The maximum atomic E-state index is 13.2. The molecule has 3 atom stereocenters. The second-order valence-electron chi connectivity index (χ2n) is 18.6. The molecule has 0 radical (unpaired) electrons. The summed E-state index contributed by atoms with van der Waals surface area (Å²) in [5.41, 5.74) is 0. The van der Waals surface area contributed by atoms with Crippen LogP contribution in [-0.4, -0.2) is 46.9 Å². The summed E-state index contributed by atoms with van der Waals surface area (Å²) in [6.45, 7) is 6.44. The molecule has 0 saturated heterocycles. The van der Waals surface area contributed by atoms with Crippen LogP contribution in [0.15, 0.2) is 48.6 Å². The van der Waals surface area contributed by atoms with Crippen molar-refractivity contribution in [2.45, 2.75) is 296 Å². The first-order valence-corrected chi connectivity index (χ1v) is 27.4. The number of aliphatic hydroxyl groups excluding tert-OH is 2. The molecule has 0 fully saturated rings. The lowest BCUT2D eigenvalue weighted by atomic mass is 10.0. The first kappa shape index (κ1) is 60.8. The Morgan fingerprint density at radius 3 is 1.27 bits per heavy atom. The van der Waals surface area contributed by atoms with Crippen molar-refractivity contribution in [2.24, 2.45) is 0 Å². The Bertz CT molecular complexity index is 1080. The summed E-state index contributed by atoms with van der Waals surface area (Å²) < 4.78 is 5.88. The normalized spacial score (nSPS) is 13.5. The molecule has 0 bridgehead atoms. The van der Waals surface area contributed by atoms with Gasteiger partial charge in [-0.05, 0) is 44.9 Å². The van der Waals surface area contributed by atoms with Crippen molar-refractivity contribution in [2.75, 3.05) is 6.61 Å². The first-order valence-electron chi connectivity index (χ1n) is 27.4. The van der Waals surface area contributed by atoms with Crippen LogP contribution < -0.4 is 5.32 Å². The molecular weight excluding hydrogens is 779 g/mol. The van der Waals surface area contributed by atoms with Crippen LogP contribution in [0.3, 0.4) is 0 Å². The summed E-state index contributed by atoms with van der Waals surface area (Å²) in [5, 5.41) is 23.7. The van der Waals surface area contributed by atoms with Crippen molar-refractivity contribution < 1.29 is 24.5 Å². The predicted octanol–water partition coefficient (Wildman–Crippen LogP) is 16.6. The number of hydrogen-bond donors (Lipinski definition) is 3. The standard InChI is InChI=1S/C57H105NO5/c1-4-7-10-13-16-19-22-25-27-28-30-32-35-38-41-44-47-50-57(62)63-53(48-45-42-39-36-33-31-29-26-23-20-17-14-11-8-5-2)51-56(61)58-54(52-59)55(60)49-46-43-40-37-34-24-21-18-15-12-9-6-3/h17,20,26,29,33,36,42,45,53-55,59-60H,4-16,18-19,21-25,27-28,30-32,34-35,37-41,43-44,46-52H2,1-3H3,(H,58,61)/b20-17-,29-26-,36-33-,45-42-. The van der Waals surface area contributed by atoms with Crippen LogP contribution in [0.2, 0.25) is 0 Å². The summed E-state index contributed by atoms with van der Waals surface area (Å²) in [7, 11) is 0. The second kappa shape index (κ2) is 50.8.